The highest BCUT2D eigenvalue weighted by molar-refractivity contribution is 5.82. The van der Waals surface area contributed by atoms with Crippen molar-refractivity contribution in [2.75, 3.05) is 25.1 Å². The van der Waals surface area contributed by atoms with Crippen LogP contribution in [0.3, 0.4) is 0 Å². The molecular formula is C37H39N7O2. The second-order valence-electron chi connectivity index (χ2n) is 11.4. The molecule has 6 rings (SSSR count). The maximum atomic E-state index is 12.2. The lowest BCUT2D eigenvalue weighted by Crippen LogP contribution is -2.26. The van der Waals surface area contributed by atoms with Crippen molar-refractivity contribution in [3.05, 3.63) is 122 Å². The number of anilines is 1. The lowest BCUT2D eigenvalue weighted by molar-refractivity contribution is -0.118. The Balaban J connectivity index is 1.33. The molecule has 1 unspecified atom stereocenters. The fourth-order valence-electron chi connectivity index (χ4n) is 5.89. The zero-order chi connectivity index (χ0) is 32.0. The van der Waals surface area contributed by atoms with Gasteiger partial charge in [-0.2, -0.15) is 5.10 Å². The Morgan fingerprint density at radius 3 is 2.48 bits per heavy atom. The average molecular weight is 614 g/mol. The lowest BCUT2D eigenvalue weighted by Gasteiger charge is -2.21. The Bertz CT molecular complexity index is 1920. The van der Waals surface area contributed by atoms with Gasteiger partial charge < -0.3 is 25.3 Å². The van der Waals surface area contributed by atoms with Gasteiger partial charge in [-0.05, 0) is 97.6 Å². The zero-order valence-electron chi connectivity index (χ0n) is 26.1. The molecule has 9 heteroatoms. The third-order valence-corrected chi connectivity index (χ3v) is 8.45. The van der Waals surface area contributed by atoms with E-state index in [1.807, 2.05) is 30.5 Å². The fraction of sp³-hybridized carbons (Fsp3) is 0.216. The first-order valence-electron chi connectivity index (χ1n) is 15.5. The number of imidazole rings is 1. The molecule has 1 atom stereocenters. The molecule has 0 aliphatic rings. The van der Waals surface area contributed by atoms with E-state index in [0.29, 0.717) is 19.6 Å². The van der Waals surface area contributed by atoms with Crippen LogP contribution in [0, 0.1) is 13.8 Å². The van der Waals surface area contributed by atoms with Crippen molar-refractivity contribution in [2.45, 2.75) is 32.0 Å². The lowest BCUT2D eigenvalue weighted by atomic mass is 10.0. The van der Waals surface area contributed by atoms with Gasteiger partial charge in [0.2, 0.25) is 5.91 Å². The predicted octanol–water partition coefficient (Wildman–Crippen LogP) is 6.01. The van der Waals surface area contributed by atoms with Crippen LogP contribution < -0.4 is 20.7 Å². The van der Waals surface area contributed by atoms with Crippen molar-refractivity contribution >= 4 is 33.5 Å². The van der Waals surface area contributed by atoms with Crippen LogP contribution in [0.4, 0.5) is 5.69 Å². The molecule has 0 saturated carbocycles. The van der Waals surface area contributed by atoms with Crippen molar-refractivity contribution in [3.8, 4) is 17.1 Å². The molecular weight excluding hydrogens is 574 g/mol. The minimum atomic E-state index is -0.368. The van der Waals surface area contributed by atoms with Crippen LogP contribution in [0.5, 0.6) is 5.75 Å². The Labute approximate surface area is 269 Å². The molecule has 2 aromatic heterocycles. The number of carbonyl (C=O) groups is 1. The van der Waals surface area contributed by atoms with Crippen LogP contribution in [0.1, 0.15) is 29.2 Å². The number of aromatic nitrogens is 4. The summed E-state index contributed by atoms with van der Waals surface area (Å²) < 4.78 is 7.62. The maximum absolute atomic E-state index is 12.2. The number of nitrogens with zero attached hydrogens (tertiary/aromatic N) is 4. The van der Waals surface area contributed by atoms with Gasteiger partial charge in [0.05, 0.1) is 29.9 Å². The number of rotatable bonds is 14. The number of nitrogens with one attached hydrogen (secondary N) is 2. The summed E-state index contributed by atoms with van der Waals surface area (Å²) in [5.74, 6) is 1.35. The molecule has 9 nitrogen and oxygen atoms in total. The molecule has 1 amide bonds. The number of carbonyl (C=O) groups excluding carboxylic acids is 1. The molecule has 6 aromatic rings. The van der Waals surface area contributed by atoms with Crippen molar-refractivity contribution in [3.63, 3.8) is 0 Å². The first-order chi connectivity index (χ1) is 22.4. The molecule has 4 aromatic carbocycles. The van der Waals surface area contributed by atoms with Gasteiger partial charge in [0.25, 0.3) is 0 Å². The van der Waals surface area contributed by atoms with E-state index >= 15 is 0 Å². The Morgan fingerprint density at radius 1 is 1.00 bits per heavy atom. The number of amides is 1. The molecule has 0 saturated heterocycles. The van der Waals surface area contributed by atoms with Gasteiger partial charge in [-0.3, -0.25) is 9.89 Å². The van der Waals surface area contributed by atoms with E-state index in [1.54, 1.807) is 7.11 Å². The molecule has 2 radical (unpaired) electrons. The molecule has 4 N–H and O–H groups in total. The summed E-state index contributed by atoms with van der Waals surface area (Å²) in [5.41, 5.74) is 13.9. The second kappa shape index (κ2) is 13.9. The first-order valence-corrected chi connectivity index (χ1v) is 15.5. The monoisotopic (exact) mass is 613 g/mol. The Hall–Kier alpha value is -5.15. The molecule has 0 aliphatic carbocycles. The predicted molar refractivity (Wildman–Crippen MR) is 184 cm³/mol. The van der Waals surface area contributed by atoms with E-state index in [-0.39, 0.29) is 18.4 Å². The third-order valence-electron chi connectivity index (χ3n) is 8.45. The number of aromatic amines is 1. The topological polar surface area (TPSA) is 114 Å². The smallest absolute Gasteiger partial charge is 0.219 e. The molecule has 0 aliphatic heterocycles. The average Bonchev–Trinajstić information content (AvgIpc) is 3.70. The van der Waals surface area contributed by atoms with Crippen LogP contribution >= 0.6 is 0 Å². The van der Waals surface area contributed by atoms with Crippen molar-refractivity contribution in [1.29, 1.82) is 0 Å². The number of primary amides is 1. The molecule has 0 spiro atoms. The molecule has 2 heterocycles. The first kappa shape index (κ1) is 30.9. The standard InChI is InChI=1S/C37H39N7O2/c1-4-43(5-2)30-12-9-27(10-13-30)37-41-34-21-28(11-17-35(34)44(37)19-18-25-6-14-31(46-3)15-7-25)33(22-36(38)45)39-23-26-8-16-32-29(20-26)24-40-42-32/h6-17,20-21,24,33,39H,1-2,4-5,18-19,22-23H2,3H3,(H2,38,45)(H,40,42). The summed E-state index contributed by atoms with van der Waals surface area (Å²) in [5, 5.41) is 11.7. The van der Waals surface area contributed by atoms with E-state index in [1.165, 1.54) is 5.56 Å². The van der Waals surface area contributed by atoms with Crippen LogP contribution in [0.15, 0.2) is 91.1 Å². The second-order valence-corrected chi connectivity index (χ2v) is 11.4. The SMILES string of the molecule is [CH2]CN(C[CH2])c1ccc(-c2nc3cc(C(CC(N)=O)NCc4ccc5[nH]ncc5c4)ccc3n2CCc2ccc(OC)cc2)cc1. The summed E-state index contributed by atoms with van der Waals surface area (Å²) >= 11 is 0. The van der Waals surface area contributed by atoms with Gasteiger partial charge in [0.15, 0.2) is 0 Å². The summed E-state index contributed by atoms with van der Waals surface area (Å²) in [6, 6.07) is 28.7. The summed E-state index contributed by atoms with van der Waals surface area (Å²) in [4.78, 5) is 19.4. The van der Waals surface area contributed by atoms with E-state index < -0.39 is 0 Å². The van der Waals surface area contributed by atoms with Gasteiger partial charge in [-0.1, -0.05) is 24.3 Å². The number of methoxy groups -OCH3 is 1. The van der Waals surface area contributed by atoms with E-state index in [9.17, 15) is 4.79 Å². The number of ether oxygens (including phenoxy) is 1. The number of benzene rings is 4. The van der Waals surface area contributed by atoms with Gasteiger partial charge in [-0.25, -0.2) is 4.98 Å². The zero-order valence-corrected chi connectivity index (χ0v) is 26.1. The minimum absolute atomic E-state index is 0.168. The van der Waals surface area contributed by atoms with E-state index in [2.05, 4.69) is 99.5 Å². The maximum Gasteiger partial charge on any atom is 0.219 e. The van der Waals surface area contributed by atoms with Gasteiger partial charge in [0.1, 0.15) is 11.6 Å². The number of nitrogens with two attached hydrogens (primary N) is 1. The Kier molecular flexibility index (Phi) is 9.30. The number of hydrogen-bond acceptors (Lipinski definition) is 6. The number of H-pyrrole nitrogens is 1. The highest BCUT2D eigenvalue weighted by Crippen LogP contribution is 2.30. The highest BCUT2D eigenvalue weighted by Gasteiger charge is 2.19. The van der Waals surface area contributed by atoms with Crippen LogP contribution in [-0.2, 0) is 24.3 Å². The molecule has 0 bridgehead atoms. The van der Waals surface area contributed by atoms with Crippen LogP contribution in [0.2, 0.25) is 0 Å². The van der Waals surface area contributed by atoms with Crippen molar-refractivity contribution < 1.29 is 9.53 Å². The van der Waals surface area contributed by atoms with E-state index in [0.717, 1.165) is 68.9 Å². The summed E-state index contributed by atoms with van der Waals surface area (Å²) in [7, 11) is 1.68. The van der Waals surface area contributed by atoms with Crippen molar-refractivity contribution in [2.24, 2.45) is 5.73 Å². The largest absolute Gasteiger partial charge is 0.497 e. The van der Waals surface area contributed by atoms with Crippen LogP contribution in [0.25, 0.3) is 33.3 Å². The summed E-state index contributed by atoms with van der Waals surface area (Å²) in [6.07, 6.45) is 2.80. The molecule has 0 fully saturated rings. The normalized spacial score (nSPS) is 12.1. The van der Waals surface area contributed by atoms with Crippen molar-refractivity contribution in [1.82, 2.24) is 25.1 Å². The van der Waals surface area contributed by atoms with E-state index in [4.69, 9.17) is 15.5 Å². The number of aryl methyl sites for hydroxylation is 2. The minimum Gasteiger partial charge on any atom is -0.497 e. The van der Waals surface area contributed by atoms with Gasteiger partial charge in [0, 0.05) is 55.3 Å². The van der Waals surface area contributed by atoms with Gasteiger partial charge >= 0.3 is 0 Å². The summed E-state index contributed by atoms with van der Waals surface area (Å²) in [6.45, 7) is 10.6. The Morgan fingerprint density at radius 2 is 1.76 bits per heavy atom. The fourth-order valence-corrected chi connectivity index (χ4v) is 5.89. The number of hydrogen-bond donors (Lipinski definition) is 3. The highest BCUT2D eigenvalue weighted by atomic mass is 16.5. The van der Waals surface area contributed by atoms with Crippen LogP contribution in [-0.4, -0.2) is 45.9 Å². The third kappa shape index (κ3) is 6.74. The number of fused-ring (bicyclic) bond motifs is 2. The quantitative estimate of drug-likeness (QED) is 0.139. The van der Waals surface area contributed by atoms with Gasteiger partial charge in [-0.15, -0.1) is 0 Å². The molecule has 46 heavy (non-hydrogen) atoms. The molecule has 234 valence electrons.